The quantitative estimate of drug-likeness (QED) is 0.540. The number of hydrogen-bond acceptors (Lipinski definition) is 4. The van der Waals surface area contributed by atoms with Crippen molar-refractivity contribution in [3.63, 3.8) is 0 Å². The van der Waals surface area contributed by atoms with Crippen molar-refractivity contribution in [3.8, 4) is 5.75 Å². The summed E-state index contributed by atoms with van der Waals surface area (Å²) < 4.78 is 5.40. The van der Waals surface area contributed by atoms with Gasteiger partial charge in [-0.05, 0) is 34.5 Å². The van der Waals surface area contributed by atoms with Crippen LogP contribution in [0.15, 0.2) is 53.4 Å². The van der Waals surface area contributed by atoms with Crippen molar-refractivity contribution in [2.24, 2.45) is 0 Å². The summed E-state index contributed by atoms with van der Waals surface area (Å²) in [7, 11) is 0. The molecule has 2 heterocycles. The maximum atomic E-state index is 11.9. The Bertz CT molecular complexity index is 702. The molecule has 2 aromatic heterocycles. The number of esters is 1. The van der Waals surface area contributed by atoms with Gasteiger partial charge >= 0.3 is 5.97 Å². The zero-order valence-corrected chi connectivity index (χ0v) is 10.9. The van der Waals surface area contributed by atoms with Crippen LogP contribution in [0.25, 0.3) is 10.9 Å². The zero-order chi connectivity index (χ0) is 13.1. The van der Waals surface area contributed by atoms with Crippen LogP contribution in [0, 0.1) is 0 Å². The molecule has 94 valence electrons. The first-order valence-electron chi connectivity index (χ1n) is 5.88. The summed E-state index contributed by atoms with van der Waals surface area (Å²) in [5, 5.41) is 4.85. The van der Waals surface area contributed by atoms with Crippen LogP contribution in [0.3, 0.4) is 0 Å². The first kappa shape index (κ1) is 11.9. The number of benzene rings is 1. The molecule has 3 nitrogen and oxygen atoms in total. The monoisotopic (exact) mass is 269 g/mol. The fourth-order valence-corrected chi connectivity index (χ4v) is 2.55. The number of carbonyl (C=O) groups is 1. The van der Waals surface area contributed by atoms with Gasteiger partial charge < -0.3 is 4.74 Å². The van der Waals surface area contributed by atoms with E-state index in [2.05, 4.69) is 4.98 Å². The lowest BCUT2D eigenvalue weighted by atomic mass is 10.2. The van der Waals surface area contributed by atoms with E-state index in [4.69, 9.17) is 4.74 Å². The van der Waals surface area contributed by atoms with Crippen LogP contribution in [0.4, 0.5) is 0 Å². The molecule has 0 aliphatic heterocycles. The molecule has 0 aliphatic rings. The van der Waals surface area contributed by atoms with Crippen molar-refractivity contribution in [1.29, 1.82) is 0 Å². The third-order valence-corrected chi connectivity index (χ3v) is 3.48. The number of ether oxygens (including phenoxy) is 1. The summed E-state index contributed by atoms with van der Waals surface area (Å²) >= 11 is 1.57. The smallest absolute Gasteiger partial charge is 0.315 e. The van der Waals surface area contributed by atoms with Crippen LogP contribution < -0.4 is 4.74 Å². The van der Waals surface area contributed by atoms with Crippen molar-refractivity contribution < 1.29 is 9.53 Å². The normalized spacial score (nSPS) is 10.5. The van der Waals surface area contributed by atoms with Crippen molar-refractivity contribution in [1.82, 2.24) is 4.98 Å². The second-order valence-corrected chi connectivity index (χ2v) is 4.89. The first-order valence-corrected chi connectivity index (χ1v) is 6.83. The molecule has 0 fully saturated rings. The minimum atomic E-state index is -0.267. The molecule has 0 saturated carbocycles. The summed E-state index contributed by atoms with van der Waals surface area (Å²) in [4.78, 5) is 16.1. The van der Waals surface area contributed by atoms with E-state index in [9.17, 15) is 4.79 Å². The molecule has 0 spiro atoms. The van der Waals surface area contributed by atoms with E-state index in [1.165, 1.54) is 0 Å². The maximum absolute atomic E-state index is 11.9. The summed E-state index contributed by atoms with van der Waals surface area (Å²) in [6.45, 7) is 0. The Hall–Kier alpha value is -2.20. The molecular weight excluding hydrogens is 258 g/mol. The molecule has 0 aliphatic carbocycles. The van der Waals surface area contributed by atoms with Crippen LogP contribution >= 0.6 is 11.3 Å². The highest BCUT2D eigenvalue weighted by Gasteiger charge is 2.09. The summed E-state index contributed by atoms with van der Waals surface area (Å²) in [6.07, 6.45) is 1.98. The lowest BCUT2D eigenvalue weighted by Crippen LogP contribution is -2.11. The third-order valence-electron chi connectivity index (χ3n) is 2.75. The Labute approximate surface area is 114 Å². The molecule has 19 heavy (non-hydrogen) atoms. The van der Waals surface area contributed by atoms with Crippen LogP contribution in [-0.2, 0) is 11.2 Å². The fraction of sp³-hybridized carbons (Fsp3) is 0.0667. The summed E-state index contributed by atoms with van der Waals surface area (Å²) in [6, 6.07) is 11.3. The molecule has 0 radical (unpaired) electrons. The summed E-state index contributed by atoms with van der Waals surface area (Å²) in [5.41, 5.74) is 1.69. The minimum absolute atomic E-state index is 0.267. The maximum Gasteiger partial charge on any atom is 0.315 e. The average molecular weight is 269 g/mol. The van der Waals surface area contributed by atoms with Gasteiger partial charge in [0.2, 0.25) is 0 Å². The highest BCUT2D eigenvalue weighted by Crippen LogP contribution is 2.23. The van der Waals surface area contributed by atoms with Crippen LogP contribution in [-0.4, -0.2) is 11.0 Å². The highest BCUT2D eigenvalue weighted by atomic mass is 32.1. The van der Waals surface area contributed by atoms with Crippen molar-refractivity contribution >= 4 is 28.2 Å². The van der Waals surface area contributed by atoms with E-state index in [0.29, 0.717) is 11.3 Å². The van der Waals surface area contributed by atoms with Gasteiger partial charge in [0, 0.05) is 11.6 Å². The van der Waals surface area contributed by atoms with Gasteiger partial charge in [-0.25, -0.2) is 0 Å². The molecule has 0 atom stereocenters. The molecule has 4 heteroatoms. The van der Waals surface area contributed by atoms with Crippen LogP contribution in [0.5, 0.6) is 5.75 Å². The second-order valence-electron chi connectivity index (χ2n) is 4.11. The topological polar surface area (TPSA) is 39.2 Å². The molecule has 3 aromatic rings. The number of nitrogens with zero attached hydrogens (tertiary/aromatic N) is 1. The SMILES string of the molecule is O=C(Cc1ccsc1)Oc1cccc2cccnc12. The molecule has 3 rings (SSSR count). The first-order chi connectivity index (χ1) is 9.33. The largest absolute Gasteiger partial charge is 0.424 e. The van der Waals surface area contributed by atoms with Crippen molar-refractivity contribution in [2.45, 2.75) is 6.42 Å². The van der Waals surface area contributed by atoms with E-state index >= 15 is 0 Å². The van der Waals surface area contributed by atoms with E-state index in [1.54, 1.807) is 23.6 Å². The van der Waals surface area contributed by atoms with Gasteiger partial charge in [-0.1, -0.05) is 18.2 Å². The number of aromatic nitrogens is 1. The minimum Gasteiger partial charge on any atom is -0.424 e. The second kappa shape index (κ2) is 5.20. The van der Waals surface area contributed by atoms with Gasteiger partial charge in [-0.15, -0.1) is 0 Å². The Morgan fingerprint density at radius 1 is 1.21 bits per heavy atom. The van der Waals surface area contributed by atoms with Gasteiger partial charge in [-0.3, -0.25) is 9.78 Å². The van der Waals surface area contributed by atoms with Crippen molar-refractivity contribution in [3.05, 3.63) is 58.9 Å². The Balaban J connectivity index is 1.83. The molecular formula is C15H11NO2S. The number of pyridine rings is 1. The van der Waals surface area contributed by atoms with Gasteiger partial charge in [0.15, 0.2) is 5.75 Å². The molecule has 1 aromatic carbocycles. The fourth-order valence-electron chi connectivity index (χ4n) is 1.88. The third kappa shape index (κ3) is 2.63. The summed E-state index contributed by atoms with van der Waals surface area (Å²) in [5.74, 6) is 0.245. The average Bonchev–Trinajstić information content (AvgIpc) is 2.92. The van der Waals surface area contributed by atoms with Crippen LogP contribution in [0.2, 0.25) is 0 Å². The number of hydrogen-bond donors (Lipinski definition) is 0. The molecule has 0 bridgehead atoms. The number of rotatable bonds is 3. The number of thiophene rings is 1. The van der Waals surface area contributed by atoms with Gasteiger partial charge in [0.1, 0.15) is 5.52 Å². The van der Waals surface area contributed by atoms with Gasteiger partial charge in [0.05, 0.1) is 6.42 Å². The highest BCUT2D eigenvalue weighted by molar-refractivity contribution is 7.07. The molecule has 0 N–H and O–H groups in total. The van der Waals surface area contributed by atoms with Gasteiger partial charge in [-0.2, -0.15) is 11.3 Å². The molecule has 0 amide bonds. The zero-order valence-electron chi connectivity index (χ0n) is 10.1. The lowest BCUT2D eigenvalue weighted by Gasteiger charge is -2.06. The standard InChI is InChI=1S/C15H11NO2S/c17-14(9-11-6-8-19-10-11)18-13-5-1-3-12-4-2-7-16-15(12)13/h1-8,10H,9H2. The van der Waals surface area contributed by atoms with E-state index in [-0.39, 0.29) is 12.4 Å². The molecule has 0 saturated heterocycles. The van der Waals surface area contributed by atoms with Crippen LogP contribution in [0.1, 0.15) is 5.56 Å². The predicted octanol–water partition coefficient (Wildman–Crippen LogP) is 3.44. The van der Waals surface area contributed by atoms with Crippen molar-refractivity contribution in [2.75, 3.05) is 0 Å². The van der Waals surface area contributed by atoms with E-state index < -0.39 is 0 Å². The predicted molar refractivity (Wildman–Crippen MR) is 75.4 cm³/mol. The van der Waals surface area contributed by atoms with Gasteiger partial charge in [0.25, 0.3) is 0 Å². The Morgan fingerprint density at radius 3 is 2.95 bits per heavy atom. The lowest BCUT2D eigenvalue weighted by molar-refractivity contribution is -0.133. The number of carbonyl (C=O) groups excluding carboxylic acids is 1. The Morgan fingerprint density at radius 2 is 2.11 bits per heavy atom. The number of fused-ring (bicyclic) bond motifs is 1. The number of para-hydroxylation sites is 1. The van der Waals surface area contributed by atoms with E-state index in [0.717, 1.165) is 10.9 Å². The van der Waals surface area contributed by atoms with E-state index in [1.807, 2.05) is 41.1 Å². The Kier molecular flexibility index (Phi) is 3.25. The molecule has 0 unspecified atom stereocenters.